The number of H-pyrrole nitrogens is 2. The molecule has 4 rings (SSSR count). The third kappa shape index (κ3) is 3.42. The summed E-state index contributed by atoms with van der Waals surface area (Å²) in [5.41, 5.74) is 1.80. The summed E-state index contributed by atoms with van der Waals surface area (Å²) in [6.07, 6.45) is -1.41. The second-order valence-corrected chi connectivity index (χ2v) is 5.97. The topological polar surface area (TPSA) is 116 Å². The van der Waals surface area contributed by atoms with E-state index in [9.17, 15) is 18.7 Å². The first-order valence-corrected chi connectivity index (χ1v) is 8.35. The lowest BCUT2D eigenvalue weighted by Gasteiger charge is -2.10. The molecule has 1 unspecified atom stereocenters. The number of ether oxygens (including phenoxy) is 1. The first-order valence-electron chi connectivity index (χ1n) is 8.35. The summed E-state index contributed by atoms with van der Waals surface area (Å²) in [5, 5.41) is 19.4. The van der Waals surface area contributed by atoms with Gasteiger partial charge in [0.05, 0.1) is 28.7 Å². The monoisotopic (exact) mass is 387 g/mol. The lowest BCUT2D eigenvalue weighted by atomic mass is 10.0. The van der Waals surface area contributed by atoms with Gasteiger partial charge in [0.15, 0.2) is 0 Å². The maximum absolute atomic E-state index is 13.7. The molecule has 2 heterocycles. The number of hydrogen-bond acceptors (Lipinski definition) is 6. The van der Waals surface area contributed by atoms with Crippen molar-refractivity contribution in [3.63, 3.8) is 0 Å². The number of aliphatic hydroxyl groups is 1. The van der Waals surface area contributed by atoms with E-state index in [1.54, 1.807) is 18.2 Å². The average Bonchev–Trinajstić information content (AvgIpc) is 3.07. The Morgan fingerprint density at radius 2 is 2.07 bits per heavy atom. The highest BCUT2D eigenvalue weighted by Crippen LogP contribution is 2.27. The molecular formula is C18H15F2N5O3. The van der Waals surface area contributed by atoms with Crippen molar-refractivity contribution in [3.05, 3.63) is 52.6 Å². The molecular weight excluding hydrogens is 372 g/mol. The third-order valence-electron chi connectivity index (χ3n) is 4.12. The van der Waals surface area contributed by atoms with Gasteiger partial charge in [0.25, 0.3) is 5.56 Å². The number of fused-ring (bicyclic) bond motifs is 2. The Kier molecular flexibility index (Phi) is 4.72. The van der Waals surface area contributed by atoms with Crippen LogP contribution in [-0.2, 0) is 4.74 Å². The molecule has 8 nitrogen and oxygen atoms in total. The molecule has 0 aliphatic heterocycles. The fourth-order valence-electron chi connectivity index (χ4n) is 2.89. The maximum Gasteiger partial charge on any atom is 0.272 e. The van der Waals surface area contributed by atoms with E-state index in [0.717, 1.165) is 0 Å². The molecule has 0 aliphatic rings. The minimum atomic E-state index is -1.41. The summed E-state index contributed by atoms with van der Waals surface area (Å²) in [5.74, 6) is -0.250. The van der Waals surface area contributed by atoms with Crippen molar-refractivity contribution in [1.82, 2.24) is 20.2 Å². The quantitative estimate of drug-likeness (QED) is 0.377. The Bertz CT molecular complexity index is 1210. The Morgan fingerprint density at radius 3 is 2.89 bits per heavy atom. The number of rotatable bonds is 6. The highest BCUT2D eigenvalue weighted by atomic mass is 19.1. The van der Waals surface area contributed by atoms with Gasteiger partial charge in [0.2, 0.25) is 12.4 Å². The molecule has 0 spiro atoms. The van der Waals surface area contributed by atoms with E-state index in [2.05, 4.69) is 25.5 Å². The first kappa shape index (κ1) is 18.0. The minimum absolute atomic E-state index is 0.226. The molecule has 10 heteroatoms. The lowest BCUT2D eigenvalue weighted by Crippen LogP contribution is -2.24. The molecule has 0 radical (unpaired) electrons. The number of benzene rings is 2. The first-order chi connectivity index (χ1) is 13.5. The molecule has 2 aromatic heterocycles. The van der Waals surface area contributed by atoms with Gasteiger partial charge in [0, 0.05) is 10.9 Å². The number of nitrogens with one attached hydrogen (secondary N) is 3. The summed E-state index contributed by atoms with van der Waals surface area (Å²) in [7, 11) is 0. The van der Waals surface area contributed by atoms with Gasteiger partial charge in [-0.2, -0.15) is 5.10 Å². The zero-order chi connectivity index (χ0) is 19.7. The molecule has 0 bridgehead atoms. The fraction of sp³-hybridized carbons (Fsp3) is 0.167. The normalized spacial score (nSPS) is 12.5. The molecule has 0 aliphatic carbocycles. The zero-order valence-electron chi connectivity index (χ0n) is 14.4. The molecule has 0 saturated carbocycles. The van der Waals surface area contributed by atoms with E-state index in [4.69, 9.17) is 4.74 Å². The number of halogens is 2. The van der Waals surface area contributed by atoms with Crippen LogP contribution in [0.25, 0.3) is 33.1 Å². The van der Waals surface area contributed by atoms with Crippen LogP contribution in [0.1, 0.15) is 0 Å². The predicted octanol–water partition coefficient (Wildman–Crippen LogP) is 2.28. The van der Waals surface area contributed by atoms with E-state index < -0.39 is 24.5 Å². The number of anilines is 1. The summed E-state index contributed by atoms with van der Waals surface area (Å²) in [6.45, 7) is -0.969. The second kappa shape index (κ2) is 7.33. The molecule has 0 amide bonds. The molecule has 28 heavy (non-hydrogen) atoms. The van der Waals surface area contributed by atoms with E-state index >= 15 is 0 Å². The van der Waals surface area contributed by atoms with Crippen LogP contribution < -0.4 is 10.9 Å². The van der Waals surface area contributed by atoms with Crippen LogP contribution in [0.5, 0.6) is 0 Å². The molecule has 4 N–H and O–H groups in total. The summed E-state index contributed by atoms with van der Waals surface area (Å²) < 4.78 is 30.6. The molecule has 1 atom stereocenters. The summed E-state index contributed by atoms with van der Waals surface area (Å²) in [4.78, 5) is 19.2. The van der Waals surface area contributed by atoms with Crippen LogP contribution in [0.4, 0.5) is 14.7 Å². The van der Waals surface area contributed by atoms with Gasteiger partial charge in [0.1, 0.15) is 12.5 Å². The van der Waals surface area contributed by atoms with Crippen molar-refractivity contribution >= 4 is 27.8 Å². The van der Waals surface area contributed by atoms with E-state index in [1.165, 1.54) is 18.2 Å². The number of nitrogens with zero attached hydrogens (tertiary/aromatic N) is 2. The van der Waals surface area contributed by atoms with Crippen molar-refractivity contribution in [2.45, 2.75) is 6.41 Å². The Morgan fingerprint density at radius 1 is 1.21 bits per heavy atom. The van der Waals surface area contributed by atoms with Crippen molar-refractivity contribution < 1.29 is 18.6 Å². The van der Waals surface area contributed by atoms with Crippen molar-refractivity contribution in [2.24, 2.45) is 0 Å². The summed E-state index contributed by atoms with van der Waals surface area (Å²) in [6, 6.07) is 9.06. The SMILES string of the molecule is O=c1[nH]nc(-c2ccc3[nH]c(NC(O)OCCF)nc3c2)c2cc(F)ccc12. The number of hydrogen-bond donors (Lipinski definition) is 4. The lowest BCUT2D eigenvalue weighted by molar-refractivity contribution is -0.0815. The maximum atomic E-state index is 13.7. The minimum Gasteiger partial charge on any atom is -0.351 e. The summed E-state index contributed by atoms with van der Waals surface area (Å²) >= 11 is 0. The number of aromatic nitrogens is 4. The number of imidazole rings is 1. The predicted molar refractivity (Wildman–Crippen MR) is 99.0 cm³/mol. The van der Waals surface area contributed by atoms with Crippen LogP contribution in [0, 0.1) is 5.82 Å². The van der Waals surface area contributed by atoms with E-state index in [1.807, 2.05) is 0 Å². The van der Waals surface area contributed by atoms with Gasteiger partial charge in [-0.15, -0.1) is 0 Å². The zero-order valence-corrected chi connectivity index (χ0v) is 14.4. The Hall–Kier alpha value is -3.37. The highest BCUT2D eigenvalue weighted by Gasteiger charge is 2.13. The van der Waals surface area contributed by atoms with Gasteiger partial charge in [-0.05, 0) is 30.3 Å². The molecule has 0 fully saturated rings. The van der Waals surface area contributed by atoms with Gasteiger partial charge < -0.3 is 20.1 Å². The standard InChI is InChI=1S/C18H15F2N5O3/c19-5-6-28-18(27)23-17-21-13-4-1-9(7-14(13)22-17)15-12-8-10(20)2-3-11(12)16(26)25-24-15/h1-4,7-8,18,27H,5-6H2,(H,25,26)(H2,21,22,23). The number of aliphatic hydroxyl groups excluding tert-OH is 1. The fourth-order valence-corrected chi connectivity index (χ4v) is 2.89. The van der Waals surface area contributed by atoms with Gasteiger partial charge >= 0.3 is 0 Å². The highest BCUT2D eigenvalue weighted by molar-refractivity contribution is 5.95. The van der Waals surface area contributed by atoms with Crippen LogP contribution >= 0.6 is 0 Å². The van der Waals surface area contributed by atoms with Gasteiger partial charge in [-0.25, -0.2) is 18.9 Å². The molecule has 0 saturated heterocycles. The molecule has 2 aromatic carbocycles. The van der Waals surface area contributed by atoms with Crippen molar-refractivity contribution in [3.8, 4) is 11.3 Å². The van der Waals surface area contributed by atoms with Crippen LogP contribution in [0.2, 0.25) is 0 Å². The third-order valence-corrected chi connectivity index (χ3v) is 4.12. The Balaban J connectivity index is 1.73. The van der Waals surface area contributed by atoms with Crippen LogP contribution in [-0.4, -0.2) is 45.0 Å². The van der Waals surface area contributed by atoms with Crippen LogP contribution in [0.15, 0.2) is 41.2 Å². The van der Waals surface area contributed by atoms with E-state index in [0.29, 0.717) is 33.1 Å². The van der Waals surface area contributed by atoms with Gasteiger partial charge in [-0.3, -0.25) is 4.79 Å². The smallest absolute Gasteiger partial charge is 0.272 e. The largest absolute Gasteiger partial charge is 0.351 e. The Labute approximate surface area is 156 Å². The number of alkyl halides is 1. The second-order valence-electron chi connectivity index (χ2n) is 5.97. The van der Waals surface area contributed by atoms with Crippen molar-refractivity contribution in [2.75, 3.05) is 18.6 Å². The molecule has 4 aromatic rings. The van der Waals surface area contributed by atoms with Gasteiger partial charge in [-0.1, -0.05) is 6.07 Å². The number of aromatic amines is 2. The average molecular weight is 387 g/mol. The van der Waals surface area contributed by atoms with E-state index in [-0.39, 0.29) is 12.6 Å². The van der Waals surface area contributed by atoms with Crippen molar-refractivity contribution in [1.29, 1.82) is 0 Å². The molecule has 144 valence electrons. The van der Waals surface area contributed by atoms with Crippen LogP contribution in [0.3, 0.4) is 0 Å².